The molecule has 3 rings (SSSR count). The number of methoxy groups -OCH3 is 1. The zero-order valence-corrected chi connectivity index (χ0v) is 13.6. The minimum Gasteiger partial charge on any atom is -0.465 e. The van der Waals surface area contributed by atoms with Crippen molar-refractivity contribution < 1.29 is 14.3 Å². The molecule has 5 nitrogen and oxygen atoms in total. The fourth-order valence-electron chi connectivity index (χ4n) is 2.88. The van der Waals surface area contributed by atoms with Crippen LogP contribution >= 0.6 is 0 Å². The summed E-state index contributed by atoms with van der Waals surface area (Å²) in [6.45, 7) is 2.80. The Hall–Kier alpha value is -2.82. The number of piperazine rings is 1. The van der Waals surface area contributed by atoms with Gasteiger partial charge in [-0.05, 0) is 30.3 Å². The van der Waals surface area contributed by atoms with Gasteiger partial charge < -0.3 is 14.5 Å². The number of esters is 1. The van der Waals surface area contributed by atoms with Crippen molar-refractivity contribution in [2.45, 2.75) is 0 Å². The van der Waals surface area contributed by atoms with E-state index in [0.29, 0.717) is 18.7 Å². The smallest absolute Gasteiger partial charge is 0.337 e. The van der Waals surface area contributed by atoms with Crippen molar-refractivity contribution in [3.05, 3.63) is 65.7 Å². The molecule has 0 atom stereocenters. The lowest BCUT2D eigenvalue weighted by molar-refractivity contribution is 0.0600. The maximum Gasteiger partial charge on any atom is 0.337 e. The third-order valence-corrected chi connectivity index (χ3v) is 4.22. The number of rotatable bonds is 3. The molecule has 0 aromatic heterocycles. The predicted molar refractivity (Wildman–Crippen MR) is 92.3 cm³/mol. The van der Waals surface area contributed by atoms with Crippen molar-refractivity contribution in [3.8, 4) is 0 Å². The summed E-state index contributed by atoms with van der Waals surface area (Å²) in [5.41, 5.74) is 2.24. The molecule has 0 unspecified atom stereocenters. The van der Waals surface area contributed by atoms with Gasteiger partial charge in [0.1, 0.15) is 0 Å². The molecule has 2 aromatic carbocycles. The average Bonchev–Trinajstić information content (AvgIpc) is 2.67. The van der Waals surface area contributed by atoms with E-state index in [0.717, 1.165) is 24.3 Å². The number of hydrogen-bond donors (Lipinski definition) is 0. The number of benzene rings is 2. The fourth-order valence-corrected chi connectivity index (χ4v) is 2.88. The Labute approximate surface area is 141 Å². The van der Waals surface area contributed by atoms with Crippen LogP contribution < -0.4 is 4.90 Å². The van der Waals surface area contributed by atoms with Crippen molar-refractivity contribution in [2.24, 2.45) is 0 Å². The van der Waals surface area contributed by atoms with Crippen LogP contribution in [-0.4, -0.2) is 50.1 Å². The van der Waals surface area contributed by atoms with Crippen LogP contribution in [0.3, 0.4) is 0 Å². The maximum atomic E-state index is 12.5. The number of nitrogens with zero attached hydrogens (tertiary/aromatic N) is 2. The first-order valence-electron chi connectivity index (χ1n) is 7.96. The molecule has 2 aromatic rings. The Balaban J connectivity index is 1.65. The van der Waals surface area contributed by atoms with Crippen LogP contribution in [0.2, 0.25) is 0 Å². The molecule has 124 valence electrons. The Morgan fingerprint density at radius 2 is 1.54 bits per heavy atom. The molecule has 0 aliphatic carbocycles. The van der Waals surface area contributed by atoms with Gasteiger partial charge in [0.25, 0.3) is 5.91 Å². The van der Waals surface area contributed by atoms with Gasteiger partial charge in [-0.1, -0.05) is 24.3 Å². The van der Waals surface area contributed by atoms with E-state index in [4.69, 9.17) is 4.74 Å². The van der Waals surface area contributed by atoms with Gasteiger partial charge in [-0.15, -0.1) is 0 Å². The van der Waals surface area contributed by atoms with Gasteiger partial charge in [-0.2, -0.15) is 0 Å². The Bertz CT molecular complexity index is 722. The first kappa shape index (κ1) is 16.1. The fraction of sp³-hybridized carbons (Fsp3) is 0.263. The number of ether oxygens (including phenoxy) is 1. The van der Waals surface area contributed by atoms with Crippen LogP contribution in [0.4, 0.5) is 5.69 Å². The third kappa shape index (κ3) is 3.40. The summed E-state index contributed by atoms with van der Waals surface area (Å²) in [6.07, 6.45) is 0. The van der Waals surface area contributed by atoms with Crippen LogP contribution in [0.1, 0.15) is 20.7 Å². The molecule has 1 fully saturated rings. The molecule has 1 aliphatic rings. The zero-order valence-electron chi connectivity index (χ0n) is 13.6. The number of carbonyl (C=O) groups is 2. The lowest BCUT2D eigenvalue weighted by Crippen LogP contribution is -2.48. The standard InChI is InChI=1S/C19H20N2O3/c1-24-19(23)16-8-5-9-17(14-16)20-10-12-21(13-11-20)18(22)15-6-3-2-4-7-15/h2-9,14H,10-13H2,1H3. The number of carbonyl (C=O) groups excluding carboxylic acids is 2. The number of amides is 1. The van der Waals surface area contributed by atoms with Gasteiger partial charge in [0.2, 0.25) is 0 Å². The summed E-state index contributed by atoms with van der Waals surface area (Å²) in [5, 5.41) is 0. The van der Waals surface area contributed by atoms with E-state index in [9.17, 15) is 9.59 Å². The van der Waals surface area contributed by atoms with Crippen LogP contribution in [-0.2, 0) is 4.74 Å². The summed E-state index contributed by atoms with van der Waals surface area (Å²) >= 11 is 0. The first-order valence-corrected chi connectivity index (χ1v) is 7.96. The minimum atomic E-state index is -0.338. The highest BCUT2D eigenvalue weighted by molar-refractivity contribution is 5.94. The highest BCUT2D eigenvalue weighted by Crippen LogP contribution is 2.19. The van der Waals surface area contributed by atoms with Gasteiger partial charge in [-0.3, -0.25) is 4.79 Å². The largest absolute Gasteiger partial charge is 0.465 e. The van der Waals surface area contributed by atoms with Gasteiger partial charge in [0.15, 0.2) is 0 Å². The monoisotopic (exact) mass is 324 g/mol. The van der Waals surface area contributed by atoms with E-state index in [1.54, 1.807) is 6.07 Å². The second kappa shape index (κ2) is 7.17. The molecule has 0 bridgehead atoms. The summed E-state index contributed by atoms with van der Waals surface area (Å²) in [7, 11) is 1.38. The first-order chi connectivity index (χ1) is 11.7. The van der Waals surface area contributed by atoms with Crippen LogP contribution in [0.25, 0.3) is 0 Å². The Morgan fingerprint density at radius 3 is 2.21 bits per heavy atom. The second-order valence-corrected chi connectivity index (χ2v) is 5.69. The predicted octanol–water partition coefficient (Wildman–Crippen LogP) is 2.44. The SMILES string of the molecule is COC(=O)c1cccc(N2CCN(C(=O)c3ccccc3)CC2)c1. The molecule has 0 saturated carbocycles. The molecular formula is C19H20N2O3. The highest BCUT2D eigenvalue weighted by Gasteiger charge is 2.22. The maximum absolute atomic E-state index is 12.5. The topological polar surface area (TPSA) is 49.9 Å². The summed E-state index contributed by atoms with van der Waals surface area (Å²) < 4.78 is 4.77. The van der Waals surface area contributed by atoms with Gasteiger partial charge in [0, 0.05) is 37.4 Å². The van der Waals surface area contributed by atoms with Crippen LogP contribution in [0, 0.1) is 0 Å². The zero-order chi connectivity index (χ0) is 16.9. The van der Waals surface area contributed by atoms with Crippen LogP contribution in [0.5, 0.6) is 0 Å². The Morgan fingerprint density at radius 1 is 0.875 bits per heavy atom. The van der Waals surface area contributed by atoms with E-state index in [1.807, 2.05) is 53.4 Å². The molecule has 1 aliphatic heterocycles. The van der Waals surface area contributed by atoms with E-state index in [1.165, 1.54) is 7.11 Å². The summed E-state index contributed by atoms with van der Waals surface area (Å²) in [4.78, 5) is 28.2. The Kier molecular flexibility index (Phi) is 4.79. The summed E-state index contributed by atoms with van der Waals surface area (Å²) in [6, 6.07) is 16.7. The lowest BCUT2D eigenvalue weighted by atomic mass is 10.1. The molecule has 0 spiro atoms. The third-order valence-electron chi connectivity index (χ3n) is 4.22. The van der Waals surface area contributed by atoms with E-state index < -0.39 is 0 Å². The molecule has 0 radical (unpaired) electrons. The van der Waals surface area contributed by atoms with Crippen molar-refractivity contribution in [1.82, 2.24) is 4.90 Å². The van der Waals surface area contributed by atoms with E-state index >= 15 is 0 Å². The van der Waals surface area contributed by atoms with Crippen molar-refractivity contribution >= 4 is 17.6 Å². The molecule has 24 heavy (non-hydrogen) atoms. The molecule has 1 amide bonds. The van der Waals surface area contributed by atoms with Gasteiger partial charge in [-0.25, -0.2) is 4.79 Å². The quantitative estimate of drug-likeness (QED) is 0.814. The van der Waals surface area contributed by atoms with Crippen molar-refractivity contribution in [3.63, 3.8) is 0 Å². The molecule has 5 heteroatoms. The van der Waals surface area contributed by atoms with E-state index in [2.05, 4.69) is 4.90 Å². The number of hydrogen-bond acceptors (Lipinski definition) is 4. The van der Waals surface area contributed by atoms with Crippen molar-refractivity contribution in [1.29, 1.82) is 0 Å². The molecular weight excluding hydrogens is 304 g/mol. The minimum absolute atomic E-state index is 0.0681. The molecule has 0 N–H and O–H groups in total. The molecule has 1 saturated heterocycles. The second-order valence-electron chi connectivity index (χ2n) is 5.69. The number of anilines is 1. The lowest BCUT2D eigenvalue weighted by Gasteiger charge is -2.36. The van der Waals surface area contributed by atoms with Crippen LogP contribution in [0.15, 0.2) is 54.6 Å². The van der Waals surface area contributed by atoms with Crippen molar-refractivity contribution in [2.75, 3.05) is 38.2 Å². The highest BCUT2D eigenvalue weighted by atomic mass is 16.5. The molecule has 1 heterocycles. The normalized spacial score (nSPS) is 14.4. The van der Waals surface area contributed by atoms with Gasteiger partial charge in [0.05, 0.1) is 12.7 Å². The van der Waals surface area contributed by atoms with Gasteiger partial charge >= 0.3 is 5.97 Å². The summed E-state index contributed by atoms with van der Waals surface area (Å²) in [5.74, 6) is -0.270. The average molecular weight is 324 g/mol. The van der Waals surface area contributed by atoms with E-state index in [-0.39, 0.29) is 11.9 Å².